The van der Waals surface area contributed by atoms with Crippen LogP contribution in [0.5, 0.6) is 0 Å². The highest BCUT2D eigenvalue weighted by molar-refractivity contribution is 9.11. The van der Waals surface area contributed by atoms with Crippen molar-refractivity contribution in [2.75, 3.05) is 0 Å². The fourth-order valence-electron chi connectivity index (χ4n) is 1.97. The highest BCUT2D eigenvalue weighted by Crippen LogP contribution is 2.26. The average molecular weight is 290 g/mol. The SMILES string of the molecule is CC1CCC(C(N)Cc2ccc(Br)s2)O1. The van der Waals surface area contributed by atoms with Crippen molar-refractivity contribution in [2.24, 2.45) is 5.73 Å². The molecule has 3 atom stereocenters. The highest BCUT2D eigenvalue weighted by atomic mass is 79.9. The minimum atomic E-state index is 0.139. The third-order valence-electron chi connectivity index (χ3n) is 2.81. The molecule has 84 valence electrons. The molecule has 1 aromatic rings. The van der Waals surface area contributed by atoms with Crippen LogP contribution in [0, 0.1) is 0 Å². The monoisotopic (exact) mass is 289 g/mol. The first-order chi connectivity index (χ1) is 7.15. The van der Waals surface area contributed by atoms with Crippen LogP contribution in [0.4, 0.5) is 0 Å². The Kier molecular flexibility index (Phi) is 3.83. The van der Waals surface area contributed by atoms with Gasteiger partial charge in [0.1, 0.15) is 0 Å². The van der Waals surface area contributed by atoms with E-state index in [0.29, 0.717) is 6.10 Å². The van der Waals surface area contributed by atoms with Crippen molar-refractivity contribution >= 4 is 27.3 Å². The minimum Gasteiger partial charge on any atom is -0.374 e. The number of ether oxygens (including phenoxy) is 1. The van der Waals surface area contributed by atoms with E-state index in [2.05, 4.69) is 35.0 Å². The van der Waals surface area contributed by atoms with Crippen molar-refractivity contribution in [3.05, 3.63) is 20.8 Å². The molecule has 15 heavy (non-hydrogen) atoms. The molecule has 1 aliphatic rings. The lowest BCUT2D eigenvalue weighted by Crippen LogP contribution is -2.36. The fourth-order valence-corrected chi connectivity index (χ4v) is 3.53. The van der Waals surface area contributed by atoms with Crippen molar-refractivity contribution < 1.29 is 4.74 Å². The highest BCUT2D eigenvalue weighted by Gasteiger charge is 2.27. The molecule has 3 unspecified atom stereocenters. The maximum atomic E-state index is 6.15. The van der Waals surface area contributed by atoms with Gasteiger partial charge in [-0.2, -0.15) is 0 Å². The molecule has 2 nitrogen and oxygen atoms in total. The first-order valence-electron chi connectivity index (χ1n) is 5.30. The second-order valence-electron chi connectivity index (χ2n) is 4.14. The number of hydrogen-bond acceptors (Lipinski definition) is 3. The molecule has 2 heterocycles. The molecule has 0 spiro atoms. The van der Waals surface area contributed by atoms with Gasteiger partial charge in [-0.25, -0.2) is 0 Å². The molecule has 1 fully saturated rings. The number of halogens is 1. The Bertz CT molecular complexity index is 328. The Balaban J connectivity index is 1.89. The van der Waals surface area contributed by atoms with Crippen LogP contribution in [0.25, 0.3) is 0 Å². The lowest BCUT2D eigenvalue weighted by Gasteiger charge is -2.18. The zero-order valence-electron chi connectivity index (χ0n) is 8.78. The lowest BCUT2D eigenvalue weighted by molar-refractivity contribution is 0.0406. The molecule has 1 aromatic heterocycles. The minimum absolute atomic E-state index is 0.139. The van der Waals surface area contributed by atoms with E-state index in [9.17, 15) is 0 Å². The van der Waals surface area contributed by atoms with Crippen LogP contribution in [-0.4, -0.2) is 18.2 Å². The summed E-state index contributed by atoms with van der Waals surface area (Å²) in [5.74, 6) is 0. The van der Waals surface area contributed by atoms with Crippen molar-refractivity contribution in [1.29, 1.82) is 0 Å². The zero-order valence-corrected chi connectivity index (χ0v) is 11.2. The van der Waals surface area contributed by atoms with Gasteiger partial charge in [0.15, 0.2) is 0 Å². The predicted octanol–water partition coefficient (Wildman–Crippen LogP) is 2.95. The topological polar surface area (TPSA) is 35.2 Å². The molecule has 0 saturated carbocycles. The molecule has 0 radical (unpaired) electrons. The molecule has 2 rings (SSSR count). The van der Waals surface area contributed by atoms with Gasteiger partial charge in [-0.15, -0.1) is 11.3 Å². The van der Waals surface area contributed by atoms with Gasteiger partial charge in [-0.05, 0) is 54.2 Å². The molecule has 0 aromatic carbocycles. The van der Waals surface area contributed by atoms with E-state index < -0.39 is 0 Å². The average Bonchev–Trinajstić information content (AvgIpc) is 2.75. The van der Waals surface area contributed by atoms with Gasteiger partial charge >= 0.3 is 0 Å². The van der Waals surface area contributed by atoms with Gasteiger partial charge in [0.25, 0.3) is 0 Å². The largest absolute Gasteiger partial charge is 0.374 e. The number of hydrogen-bond donors (Lipinski definition) is 1. The van der Waals surface area contributed by atoms with Gasteiger partial charge in [0.2, 0.25) is 0 Å². The molecule has 0 bridgehead atoms. The molecule has 0 amide bonds. The summed E-state index contributed by atoms with van der Waals surface area (Å²) in [6.45, 7) is 2.12. The van der Waals surface area contributed by atoms with Crippen molar-refractivity contribution in [2.45, 2.75) is 44.4 Å². The maximum Gasteiger partial charge on any atom is 0.0734 e. The first-order valence-corrected chi connectivity index (χ1v) is 6.91. The van der Waals surface area contributed by atoms with Gasteiger partial charge < -0.3 is 10.5 Å². The standard InChI is InChI=1S/C11H16BrNOS/c1-7-2-4-10(14-7)9(13)6-8-3-5-11(12)15-8/h3,5,7,9-10H,2,4,6,13H2,1H3. The van der Waals surface area contributed by atoms with E-state index in [4.69, 9.17) is 10.5 Å². The van der Waals surface area contributed by atoms with Crippen LogP contribution in [0.15, 0.2) is 15.9 Å². The summed E-state index contributed by atoms with van der Waals surface area (Å²) in [6, 6.07) is 4.35. The van der Waals surface area contributed by atoms with Crippen LogP contribution in [-0.2, 0) is 11.2 Å². The Morgan fingerprint density at radius 1 is 1.60 bits per heavy atom. The Labute approximate surface area is 103 Å². The lowest BCUT2D eigenvalue weighted by atomic mass is 10.0. The zero-order chi connectivity index (χ0) is 10.8. The van der Waals surface area contributed by atoms with Gasteiger partial charge in [0, 0.05) is 10.9 Å². The van der Waals surface area contributed by atoms with E-state index in [1.165, 1.54) is 8.66 Å². The van der Waals surface area contributed by atoms with E-state index in [0.717, 1.165) is 19.3 Å². The summed E-state index contributed by atoms with van der Waals surface area (Å²) in [6.07, 6.45) is 3.81. The summed E-state index contributed by atoms with van der Waals surface area (Å²) in [5, 5.41) is 0. The first kappa shape index (κ1) is 11.6. The quantitative estimate of drug-likeness (QED) is 0.929. The van der Waals surface area contributed by atoms with Crippen molar-refractivity contribution in [1.82, 2.24) is 0 Å². The summed E-state index contributed by atoms with van der Waals surface area (Å²) in [4.78, 5) is 1.33. The van der Waals surface area contributed by atoms with Crippen molar-refractivity contribution in [3.8, 4) is 0 Å². The summed E-state index contributed by atoms with van der Waals surface area (Å²) in [5.41, 5.74) is 6.15. The molecule has 1 saturated heterocycles. The van der Waals surface area contributed by atoms with Crippen LogP contribution >= 0.6 is 27.3 Å². The Morgan fingerprint density at radius 3 is 2.93 bits per heavy atom. The molecule has 4 heteroatoms. The second-order valence-corrected chi connectivity index (χ2v) is 6.68. The molecular weight excluding hydrogens is 274 g/mol. The second kappa shape index (κ2) is 4.95. The molecule has 2 N–H and O–H groups in total. The number of rotatable bonds is 3. The molecular formula is C11H16BrNOS. The predicted molar refractivity (Wildman–Crippen MR) is 67.3 cm³/mol. The van der Waals surface area contributed by atoms with E-state index in [-0.39, 0.29) is 12.1 Å². The third-order valence-corrected chi connectivity index (χ3v) is 4.45. The number of nitrogens with two attached hydrogens (primary N) is 1. The van der Waals surface area contributed by atoms with Gasteiger partial charge in [-0.1, -0.05) is 0 Å². The summed E-state index contributed by atoms with van der Waals surface area (Å²) >= 11 is 5.22. The van der Waals surface area contributed by atoms with E-state index >= 15 is 0 Å². The van der Waals surface area contributed by atoms with Gasteiger partial charge in [-0.3, -0.25) is 0 Å². The molecule has 0 aliphatic carbocycles. The van der Waals surface area contributed by atoms with Crippen LogP contribution < -0.4 is 5.73 Å². The van der Waals surface area contributed by atoms with E-state index in [1.54, 1.807) is 11.3 Å². The van der Waals surface area contributed by atoms with Gasteiger partial charge in [0.05, 0.1) is 16.0 Å². The Hall–Kier alpha value is 0.1000. The maximum absolute atomic E-state index is 6.15. The fraction of sp³-hybridized carbons (Fsp3) is 0.636. The van der Waals surface area contributed by atoms with Crippen LogP contribution in [0.2, 0.25) is 0 Å². The van der Waals surface area contributed by atoms with Crippen LogP contribution in [0.1, 0.15) is 24.6 Å². The molecule has 1 aliphatic heterocycles. The summed E-state index contributed by atoms with van der Waals surface area (Å²) < 4.78 is 6.94. The normalized spacial score (nSPS) is 28.2. The van der Waals surface area contributed by atoms with E-state index in [1.807, 2.05) is 0 Å². The van der Waals surface area contributed by atoms with Crippen LogP contribution in [0.3, 0.4) is 0 Å². The third kappa shape index (κ3) is 3.03. The smallest absolute Gasteiger partial charge is 0.0734 e. The van der Waals surface area contributed by atoms with Crippen molar-refractivity contribution in [3.63, 3.8) is 0 Å². The summed E-state index contributed by atoms with van der Waals surface area (Å²) in [7, 11) is 0. The Morgan fingerprint density at radius 2 is 2.40 bits per heavy atom. The number of thiophene rings is 1.